The van der Waals surface area contributed by atoms with E-state index in [-0.39, 0.29) is 5.56 Å². The number of ether oxygens (including phenoxy) is 1. The van der Waals surface area contributed by atoms with Crippen LogP contribution >= 0.6 is 12.2 Å². The molecule has 22 heavy (non-hydrogen) atoms. The lowest BCUT2D eigenvalue weighted by molar-refractivity contribution is 0.0697. The van der Waals surface area contributed by atoms with Crippen LogP contribution in [0.3, 0.4) is 0 Å². The highest BCUT2D eigenvalue weighted by molar-refractivity contribution is 7.80. The molecule has 2 aromatic rings. The van der Waals surface area contributed by atoms with Crippen molar-refractivity contribution in [2.45, 2.75) is 6.92 Å². The Morgan fingerprint density at radius 1 is 1.05 bits per heavy atom. The van der Waals surface area contributed by atoms with Crippen LogP contribution < -0.4 is 15.4 Å². The molecule has 0 fully saturated rings. The molecule has 114 valence electrons. The van der Waals surface area contributed by atoms with Gasteiger partial charge in [0.1, 0.15) is 5.75 Å². The molecule has 0 aliphatic heterocycles. The highest BCUT2D eigenvalue weighted by atomic mass is 32.1. The Morgan fingerprint density at radius 3 is 2.00 bits per heavy atom. The summed E-state index contributed by atoms with van der Waals surface area (Å²) in [6, 6.07) is 13.8. The first-order valence-corrected chi connectivity index (χ1v) is 7.13. The highest BCUT2D eigenvalue weighted by Crippen LogP contribution is 2.16. The summed E-state index contributed by atoms with van der Waals surface area (Å²) in [7, 11) is 0. The number of hydrogen-bond donors (Lipinski definition) is 3. The smallest absolute Gasteiger partial charge is 0.335 e. The average molecular weight is 316 g/mol. The molecule has 0 spiro atoms. The molecule has 0 unspecified atom stereocenters. The van der Waals surface area contributed by atoms with Crippen LogP contribution in [0, 0.1) is 0 Å². The van der Waals surface area contributed by atoms with E-state index in [1.165, 1.54) is 12.1 Å². The summed E-state index contributed by atoms with van der Waals surface area (Å²) in [5.41, 5.74) is 1.78. The first-order valence-electron chi connectivity index (χ1n) is 6.72. The maximum Gasteiger partial charge on any atom is 0.335 e. The minimum absolute atomic E-state index is 0.232. The molecule has 0 aromatic heterocycles. The van der Waals surface area contributed by atoms with Crippen molar-refractivity contribution in [3.05, 3.63) is 54.1 Å². The predicted molar refractivity (Wildman–Crippen MR) is 90.9 cm³/mol. The number of benzene rings is 2. The monoisotopic (exact) mass is 316 g/mol. The molecule has 5 nitrogen and oxygen atoms in total. The molecule has 0 radical (unpaired) electrons. The van der Waals surface area contributed by atoms with Crippen LogP contribution in [0.2, 0.25) is 0 Å². The van der Waals surface area contributed by atoms with Crippen molar-refractivity contribution in [2.75, 3.05) is 17.2 Å². The van der Waals surface area contributed by atoms with Gasteiger partial charge in [0.2, 0.25) is 0 Å². The first kappa shape index (κ1) is 15.8. The van der Waals surface area contributed by atoms with Crippen LogP contribution in [-0.4, -0.2) is 22.8 Å². The summed E-state index contributed by atoms with van der Waals surface area (Å²) >= 11 is 5.22. The Balaban J connectivity index is 1.93. The Hall–Kier alpha value is -2.60. The second kappa shape index (κ2) is 7.42. The van der Waals surface area contributed by atoms with Gasteiger partial charge < -0.3 is 20.5 Å². The summed E-state index contributed by atoms with van der Waals surface area (Å²) in [6.07, 6.45) is 0. The van der Waals surface area contributed by atoms with Crippen molar-refractivity contribution >= 4 is 34.7 Å². The molecule has 0 heterocycles. The van der Waals surface area contributed by atoms with Crippen molar-refractivity contribution in [1.82, 2.24) is 0 Å². The number of carbonyl (C=O) groups is 1. The largest absolute Gasteiger partial charge is 0.494 e. The topological polar surface area (TPSA) is 70.6 Å². The minimum atomic E-state index is -0.957. The number of nitrogens with one attached hydrogen (secondary N) is 2. The summed E-state index contributed by atoms with van der Waals surface area (Å²) in [5, 5.41) is 15.3. The zero-order valence-corrected chi connectivity index (χ0v) is 12.8. The SMILES string of the molecule is CCOc1ccc(NC(=S)Nc2ccc(C(=O)O)cc2)cc1. The Bertz CT molecular complexity index is 654. The molecular formula is C16H16N2O3S. The molecule has 0 amide bonds. The van der Waals surface area contributed by atoms with Gasteiger partial charge in [-0.15, -0.1) is 0 Å². The van der Waals surface area contributed by atoms with Gasteiger partial charge in [-0.1, -0.05) is 0 Å². The molecule has 0 atom stereocenters. The summed E-state index contributed by atoms with van der Waals surface area (Å²) in [6.45, 7) is 2.56. The van der Waals surface area contributed by atoms with Crippen molar-refractivity contribution in [3.8, 4) is 5.75 Å². The fourth-order valence-corrected chi connectivity index (χ4v) is 2.03. The van der Waals surface area contributed by atoms with Crippen LogP contribution in [0.1, 0.15) is 17.3 Å². The van der Waals surface area contributed by atoms with E-state index in [0.717, 1.165) is 11.4 Å². The molecule has 0 saturated heterocycles. The summed E-state index contributed by atoms with van der Waals surface area (Å²) in [4.78, 5) is 10.8. The van der Waals surface area contributed by atoms with Gasteiger partial charge in [0.15, 0.2) is 5.11 Å². The molecule has 6 heteroatoms. The van der Waals surface area contributed by atoms with E-state index >= 15 is 0 Å². The van der Waals surface area contributed by atoms with Crippen LogP contribution in [0.25, 0.3) is 0 Å². The molecule has 0 saturated carbocycles. The molecule has 0 aliphatic rings. The van der Waals surface area contributed by atoms with Gasteiger partial charge in [0.05, 0.1) is 12.2 Å². The molecule has 3 N–H and O–H groups in total. The second-order valence-corrected chi connectivity index (χ2v) is 4.83. The lowest BCUT2D eigenvalue weighted by Crippen LogP contribution is -2.19. The van der Waals surface area contributed by atoms with Crippen molar-refractivity contribution in [1.29, 1.82) is 0 Å². The van der Waals surface area contributed by atoms with E-state index in [4.69, 9.17) is 22.1 Å². The quantitative estimate of drug-likeness (QED) is 0.732. The zero-order valence-electron chi connectivity index (χ0n) is 12.0. The number of hydrogen-bond acceptors (Lipinski definition) is 3. The molecular weight excluding hydrogens is 300 g/mol. The highest BCUT2D eigenvalue weighted by Gasteiger charge is 2.03. The van der Waals surface area contributed by atoms with Gasteiger partial charge in [0.25, 0.3) is 0 Å². The minimum Gasteiger partial charge on any atom is -0.494 e. The van der Waals surface area contributed by atoms with Crippen molar-refractivity contribution in [3.63, 3.8) is 0 Å². The van der Waals surface area contributed by atoms with Crippen LogP contribution in [0.5, 0.6) is 5.75 Å². The molecule has 2 aromatic carbocycles. The van der Waals surface area contributed by atoms with Gasteiger partial charge in [-0.2, -0.15) is 0 Å². The molecule has 0 aliphatic carbocycles. The summed E-state index contributed by atoms with van der Waals surface area (Å²) in [5.74, 6) is -0.155. The molecule has 0 bridgehead atoms. The standard InChI is InChI=1S/C16H16N2O3S/c1-2-21-14-9-7-13(8-10-14)18-16(22)17-12-5-3-11(4-6-12)15(19)20/h3-10H,2H2,1H3,(H,19,20)(H2,17,18,22). The Kier molecular flexibility index (Phi) is 5.32. The second-order valence-electron chi connectivity index (χ2n) is 4.42. The summed E-state index contributed by atoms with van der Waals surface area (Å²) < 4.78 is 5.37. The zero-order chi connectivity index (χ0) is 15.9. The normalized spacial score (nSPS) is 9.86. The number of aromatic carboxylic acids is 1. The number of carboxylic acids is 1. The average Bonchev–Trinajstić information content (AvgIpc) is 2.50. The lowest BCUT2D eigenvalue weighted by Gasteiger charge is -2.11. The Morgan fingerprint density at radius 2 is 1.55 bits per heavy atom. The molecule has 2 rings (SSSR count). The third-order valence-electron chi connectivity index (χ3n) is 2.81. The fraction of sp³-hybridized carbons (Fsp3) is 0.125. The lowest BCUT2D eigenvalue weighted by atomic mass is 10.2. The first-order chi connectivity index (χ1) is 10.6. The van der Waals surface area contributed by atoms with Crippen LogP contribution in [0.4, 0.5) is 11.4 Å². The van der Waals surface area contributed by atoms with E-state index in [1.54, 1.807) is 12.1 Å². The third kappa shape index (κ3) is 4.46. The van der Waals surface area contributed by atoms with E-state index in [9.17, 15) is 4.79 Å². The van der Waals surface area contributed by atoms with Gasteiger partial charge in [-0.3, -0.25) is 0 Å². The third-order valence-corrected chi connectivity index (χ3v) is 3.02. The number of anilines is 2. The van der Waals surface area contributed by atoms with Crippen molar-refractivity contribution < 1.29 is 14.6 Å². The van der Waals surface area contributed by atoms with Gasteiger partial charge in [-0.05, 0) is 67.7 Å². The maximum absolute atomic E-state index is 10.8. The van der Waals surface area contributed by atoms with Crippen LogP contribution in [0.15, 0.2) is 48.5 Å². The van der Waals surface area contributed by atoms with E-state index < -0.39 is 5.97 Å². The van der Waals surface area contributed by atoms with Crippen molar-refractivity contribution in [2.24, 2.45) is 0 Å². The number of thiocarbonyl (C=S) groups is 1. The predicted octanol–water partition coefficient (Wildman–Crippen LogP) is 3.59. The van der Waals surface area contributed by atoms with Gasteiger partial charge in [0, 0.05) is 11.4 Å². The van der Waals surface area contributed by atoms with Gasteiger partial charge in [-0.25, -0.2) is 4.79 Å². The van der Waals surface area contributed by atoms with E-state index in [0.29, 0.717) is 17.4 Å². The van der Waals surface area contributed by atoms with Crippen LogP contribution in [-0.2, 0) is 0 Å². The van der Waals surface area contributed by atoms with E-state index in [2.05, 4.69) is 10.6 Å². The number of rotatable bonds is 5. The maximum atomic E-state index is 10.8. The fourth-order valence-electron chi connectivity index (χ4n) is 1.79. The number of carboxylic acid groups (broad SMARTS) is 1. The Labute approximate surface area is 133 Å². The van der Waals surface area contributed by atoms with E-state index in [1.807, 2.05) is 31.2 Å². The van der Waals surface area contributed by atoms with Gasteiger partial charge >= 0.3 is 5.97 Å².